The van der Waals surface area contributed by atoms with E-state index in [2.05, 4.69) is 17.0 Å². The number of morpholine rings is 1. The average molecular weight is 273 g/mol. The molecule has 3 rings (SSSR count). The Morgan fingerprint density at radius 2 is 1.85 bits per heavy atom. The predicted molar refractivity (Wildman–Crippen MR) is 77.8 cm³/mol. The standard InChI is InChI=1S/C16H19NO3/c18-12-16(17-7-9-19-10-8-17)20-15-6-5-13-3-1-2-4-14(13)11-15/h1-6,11,16,18H,7-10,12H2/t16-/m0/s1. The molecule has 0 saturated carbocycles. The summed E-state index contributed by atoms with van der Waals surface area (Å²) in [6, 6.07) is 14.2. The lowest BCUT2D eigenvalue weighted by Crippen LogP contribution is -2.48. The summed E-state index contributed by atoms with van der Waals surface area (Å²) in [5.41, 5.74) is 0. The topological polar surface area (TPSA) is 41.9 Å². The smallest absolute Gasteiger partial charge is 0.176 e. The minimum atomic E-state index is -0.305. The van der Waals surface area contributed by atoms with Crippen LogP contribution in [0.5, 0.6) is 5.75 Å². The lowest BCUT2D eigenvalue weighted by atomic mass is 10.1. The Hall–Kier alpha value is -1.62. The molecular formula is C16H19NO3. The molecule has 2 aromatic rings. The van der Waals surface area contributed by atoms with Crippen LogP contribution < -0.4 is 4.74 Å². The van der Waals surface area contributed by atoms with E-state index < -0.39 is 0 Å². The van der Waals surface area contributed by atoms with Gasteiger partial charge in [0.2, 0.25) is 0 Å². The van der Waals surface area contributed by atoms with Crippen molar-refractivity contribution in [1.82, 2.24) is 4.90 Å². The van der Waals surface area contributed by atoms with Crippen molar-refractivity contribution in [2.45, 2.75) is 6.23 Å². The molecule has 1 saturated heterocycles. The summed E-state index contributed by atoms with van der Waals surface area (Å²) in [6.07, 6.45) is -0.305. The minimum absolute atomic E-state index is 0.0210. The molecule has 106 valence electrons. The van der Waals surface area contributed by atoms with E-state index in [4.69, 9.17) is 9.47 Å². The second-order valence-corrected chi connectivity index (χ2v) is 4.91. The third-order valence-corrected chi connectivity index (χ3v) is 3.60. The quantitative estimate of drug-likeness (QED) is 0.923. The Morgan fingerprint density at radius 1 is 1.10 bits per heavy atom. The lowest BCUT2D eigenvalue weighted by Gasteiger charge is -2.33. The molecule has 1 heterocycles. The first-order chi connectivity index (χ1) is 9.86. The molecule has 0 radical (unpaired) electrons. The van der Waals surface area contributed by atoms with Crippen LogP contribution in [0.25, 0.3) is 10.8 Å². The van der Waals surface area contributed by atoms with Crippen molar-refractivity contribution in [2.75, 3.05) is 32.9 Å². The van der Waals surface area contributed by atoms with E-state index in [0.29, 0.717) is 13.2 Å². The number of ether oxygens (including phenoxy) is 2. The maximum atomic E-state index is 9.55. The fraction of sp³-hybridized carbons (Fsp3) is 0.375. The summed E-state index contributed by atoms with van der Waals surface area (Å²) in [6.45, 7) is 2.94. The summed E-state index contributed by atoms with van der Waals surface area (Å²) in [7, 11) is 0. The first-order valence-electron chi connectivity index (χ1n) is 6.95. The second kappa shape index (κ2) is 6.22. The summed E-state index contributed by atoms with van der Waals surface area (Å²) in [4.78, 5) is 2.11. The first kappa shape index (κ1) is 13.4. The van der Waals surface area contributed by atoms with E-state index >= 15 is 0 Å². The summed E-state index contributed by atoms with van der Waals surface area (Å²) in [5, 5.41) is 11.9. The number of benzene rings is 2. The van der Waals surface area contributed by atoms with Crippen molar-refractivity contribution in [3.05, 3.63) is 42.5 Å². The van der Waals surface area contributed by atoms with Crippen molar-refractivity contribution >= 4 is 10.8 Å². The third kappa shape index (κ3) is 2.93. The predicted octanol–water partition coefficient (Wildman–Crippen LogP) is 1.87. The first-order valence-corrected chi connectivity index (χ1v) is 6.95. The van der Waals surface area contributed by atoms with Crippen molar-refractivity contribution in [3.63, 3.8) is 0 Å². The van der Waals surface area contributed by atoms with Gasteiger partial charge >= 0.3 is 0 Å². The Kier molecular flexibility index (Phi) is 4.16. The molecule has 0 aliphatic carbocycles. The van der Waals surface area contributed by atoms with Gasteiger partial charge in [0.05, 0.1) is 19.8 Å². The Bertz CT molecular complexity index is 566. The second-order valence-electron chi connectivity index (χ2n) is 4.91. The Labute approximate surface area is 118 Å². The van der Waals surface area contributed by atoms with Crippen LogP contribution in [0.15, 0.2) is 42.5 Å². The highest BCUT2D eigenvalue weighted by Gasteiger charge is 2.21. The van der Waals surface area contributed by atoms with Gasteiger partial charge in [0.15, 0.2) is 6.23 Å². The molecule has 1 fully saturated rings. The molecule has 0 unspecified atom stereocenters. The molecule has 0 aromatic heterocycles. The zero-order valence-corrected chi connectivity index (χ0v) is 11.4. The fourth-order valence-electron chi connectivity index (χ4n) is 2.49. The summed E-state index contributed by atoms with van der Waals surface area (Å²) in [5.74, 6) is 0.786. The normalized spacial score (nSPS) is 18.1. The molecule has 0 spiro atoms. The van der Waals surface area contributed by atoms with Crippen molar-refractivity contribution in [3.8, 4) is 5.75 Å². The van der Waals surface area contributed by atoms with Crippen molar-refractivity contribution in [2.24, 2.45) is 0 Å². The minimum Gasteiger partial charge on any atom is -0.473 e. The van der Waals surface area contributed by atoms with Gasteiger partial charge in [0.1, 0.15) is 5.75 Å². The number of rotatable bonds is 4. The molecule has 1 N–H and O–H groups in total. The number of hydrogen-bond donors (Lipinski definition) is 1. The van der Waals surface area contributed by atoms with Crippen LogP contribution in [0.1, 0.15) is 0 Å². The van der Waals surface area contributed by atoms with Gasteiger partial charge in [-0.15, -0.1) is 0 Å². The van der Waals surface area contributed by atoms with Gasteiger partial charge in [-0.05, 0) is 22.9 Å². The highest BCUT2D eigenvalue weighted by Crippen LogP contribution is 2.22. The lowest BCUT2D eigenvalue weighted by molar-refractivity contribution is -0.0663. The molecule has 0 bridgehead atoms. The van der Waals surface area contributed by atoms with Crippen LogP contribution in [-0.4, -0.2) is 49.1 Å². The van der Waals surface area contributed by atoms with E-state index in [1.54, 1.807) is 0 Å². The Balaban J connectivity index is 1.76. The van der Waals surface area contributed by atoms with Crippen LogP contribution in [0.3, 0.4) is 0 Å². The zero-order chi connectivity index (χ0) is 13.8. The van der Waals surface area contributed by atoms with Crippen LogP contribution in [0.2, 0.25) is 0 Å². The van der Waals surface area contributed by atoms with Crippen LogP contribution in [0.4, 0.5) is 0 Å². The van der Waals surface area contributed by atoms with Crippen LogP contribution >= 0.6 is 0 Å². The van der Waals surface area contributed by atoms with Gasteiger partial charge in [-0.25, -0.2) is 0 Å². The zero-order valence-electron chi connectivity index (χ0n) is 11.4. The molecule has 0 amide bonds. The molecule has 4 nitrogen and oxygen atoms in total. The number of aliphatic hydroxyl groups excluding tert-OH is 1. The monoisotopic (exact) mass is 273 g/mol. The summed E-state index contributed by atoms with van der Waals surface area (Å²) < 4.78 is 11.3. The van der Waals surface area contributed by atoms with Gasteiger partial charge in [0.25, 0.3) is 0 Å². The highest BCUT2D eigenvalue weighted by atomic mass is 16.5. The van der Waals surface area contributed by atoms with E-state index in [1.807, 2.05) is 30.3 Å². The number of aliphatic hydroxyl groups is 1. The number of nitrogens with zero attached hydrogens (tertiary/aromatic N) is 1. The summed E-state index contributed by atoms with van der Waals surface area (Å²) >= 11 is 0. The highest BCUT2D eigenvalue weighted by molar-refractivity contribution is 5.83. The van der Waals surface area contributed by atoms with Crippen LogP contribution in [-0.2, 0) is 4.74 Å². The van der Waals surface area contributed by atoms with Gasteiger partial charge in [-0.3, -0.25) is 4.90 Å². The van der Waals surface area contributed by atoms with Gasteiger partial charge in [-0.2, -0.15) is 0 Å². The largest absolute Gasteiger partial charge is 0.473 e. The Morgan fingerprint density at radius 3 is 2.60 bits per heavy atom. The SMILES string of the molecule is OC[C@H](Oc1ccc2ccccc2c1)N1CCOCC1. The molecular weight excluding hydrogens is 254 g/mol. The van der Waals surface area contributed by atoms with Gasteiger partial charge in [0, 0.05) is 13.1 Å². The van der Waals surface area contributed by atoms with Gasteiger partial charge in [-0.1, -0.05) is 30.3 Å². The van der Waals surface area contributed by atoms with Crippen molar-refractivity contribution < 1.29 is 14.6 Å². The average Bonchev–Trinajstić information content (AvgIpc) is 2.53. The molecule has 2 aromatic carbocycles. The van der Waals surface area contributed by atoms with E-state index in [0.717, 1.165) is 24.2 Å². The van der Waals surface area contributed by atoms with E-state index in [-0.39, 0.29) is 12.8 Å². The maximum absolute atomic E-state index is 9.55. The molecule has 4 heteroatoms. The van der Waals surface area contributed by atoms with E-state index in [9.17, 15) is 5.11 Å². The molecule has 20 heavy (non-hydrogen) atoms. The molecule has 1 atom stereocenters. The van der Waals surface area contributed by atoms with Crippen molar-refractivity contribution in [1.29, 1.82) is 0 Å². The molecule has 1 aliphatic heterocycles. The van der Waals surface area contributed by atoms with Crippen LogP contribution in [0, 0.1) is 0 Å². The van der Waals surface area contributed by atoms with E-state index in [1.165, 1.54) is 5.39 Å². The number of fused-ring (bicyclic) bond motifs is 1. The molecule has 1 aliphatic rings. The maximum Gasteiger partial charge on any atom is 0.176 e. The van der Waals surface area contributed by atoms with Gasteiger partial charge < -0.3 is 14.6 Å². The number of hydrogen-bond acceptors (Lipinski definition) is 4. The third-order valence-electron chi connectivity index (χ3n) is 3.60. The fourth-order valence-corrected chi connectivity index (χ4v) is 2.49.